The number of hydrogen-bond donors (Lipinski definition) is 1. The molecule has 0 aromatic heterocycles. The maximum Gasteiger partial charge on any atom is 0.228 e. The summed E-state index contributed by atoms with van der Waals surface area (Å²) in [6, 6.07) is 7.29. The van der Waals surface area contributed by atoms with Crippen molar-refractivity contribution in [2.45, 2.75) is 6.42 Å². The lowest BCUT2D eigenvalue weighted by Gasteiger charge is -2.06. The van der Waals surface area contributed by atoms with Crippen LogP contribution in [0, 0.1) is 17.5 Å². The van der Waals surface area contributed by atoms with E-state index in [0.717, 1.165) is 12.1 Å². The lowest BCUT2D eigenvalue weighted by molar-refractivity contribution is -0.115. The number of amides is 1. The molecule has 0 bridgehead atoms. The Labute approximate surface area is 121 Å². The van der Waals surface area contributed by atoms with Crippen molar-refractivity contribution in [2.75, 3.05) is 5.32 Å². The maximum absolute atomic E-state index is 13.0. The molecule has 6 heteroatoms. The summed E-state index contributed by atoms with van der Waals surface area (Å²) in [4.78, 5) is 11.7. The number of anilines is 1. The van der Waals surface area contributed by atoms with Crippen LogP contribution in [-0.2, 0) is 11.2 Å². The summed E-state index contributed by atoms with van der Waals surface area (Å²) < 4.78 is 39.0. The van der Waals surface area contributed by atoms with E-state index >= 15 is 0 Å². The van der Waals surface area contributed by atoms with E-state index in [1.807, 2.05) is 0 Å². The van der Waals surface area contributed by atoms with Crippen molar-refractivity contribution in [3.05, 3.63) is 63.9 Å². The number of halogens is 4. The minimum absolute atomic E-state index is 0.105. The molecule has 0 heterocycles. The molecule has 2 aromatic carbocycles. The number of rotatable bonds is 3. The van der Waals surface area contributed by atoms with Crippen LogP contribution in [0.2, 0.25) is 0 Å². The van der Waals surface area contributed by atoms with Gasteiger partial charge in [-0.05, 0) is 51.8 Å². The first kappa shape index (κ1) is 14.6. The van der Waals surface area contributed by atoms with Crippen molar-refractivity contribution in [3.63, 3.8) is 0 Å². The van der Waals surface area contributed by atoms with Gasteiger partial charge in [0.2, 0.25) is 5.91 Å². The quantitative estimate of drug-likeness (QED) is 0.894. The van der Waals surface area contributed by atoms with E-state index in [-0.39, 0.29) is 10.9 Å². The molecule has 0 fully saturated rings. The number of hydrogen-bond acceptors (Lipinski definition) is 1. The average Bonchev–Trinajstić information content (AvgIpc) is 2.38. The zero-order valence-electron chi connectivity index (χ0n) is 10.1. The molecule has 0 aliphatic heterocycles. The van der Waals surface area contributed by atoms with Gasteiger partial charge in [0, 0.05) is 5.69 Å². The van der Waals surface area contributed by atoms with Crippen molar-refractivity contribution >= 4 is 27.5 Å². The van der Waals surface area contributed by atoms with E-state index in [4.69, 9.17) is 0 Å². The maximum atomic E-state index is 13.0. The van der Waals surface area contributed by atoms with Crippen LogP contribution in [0.25, 0.3) is 0 Å². The van der Waals surface area contributed by atoms with Crippen molar-refractivity contribution in [1.82, 2.24) is 0 Å². The van der Waals surface area contributed by atoms with Gasteiger partial charge in [-0.2, -0.15) is 0 Å². The molecular weight excluding hydrogens is 335 g/mol. The Morgan fingerprint density at radius 2 is 1.70 bits per heavy atom. The van der Waals surface area contributed by atoms with E-state index in [9.17, 15) is 18.0 Å². The third-order valence-electron chi connectivity index (χ3n) is 2.55. The summed E-state index contributed by atoms with van der Waals surface area (Å²) in [6.45, 7) is 0. The molecule has 104 valence electrons. The Balaban J connectivity index is 2.04. The lowest BCUT2D eigenvalue weighted by Crippen LogP contribution is -2.14. The molecule has 0 saturated carbocycles. The molecule has 0 spiro atoms. The molecule has 0 aliphatic rings. The van der Waals surface area contributed by atoms with Gasteiger partial charge in [-0.15, -0.1) is 0 Å². The van der Waals surface area contributed by atoms with Gasteiger partial charge in [-0.1, -0.05) is 6.07 Å². The van der Waals surface area contributed by atoms with Gasteiger partial charge >= 0.3 is 0 Å². The van der Waals surface area contributed by atoms with Gasteiger partial charge < -0.3 is 5.32 Å². The summed E-state index contributed by atoms with van der Waals surface area (Å²) in [5.74, 6) is -2.81. The molecule has 0 unspecified atom stereocenters. The van der Waals surface area contributed by atoms with Gasteiger partial charge in [0.25, 0.3) is 0 Å². The van der Waals surface area contributed by atoms with Crippen LogP contribution < -0.4 is 5.32 Å². The van der Waals surface area contributed by atoms with Crippen LogP contribution in [0.3, 0.4) is 0 Å². The van der Waals surface area contributed by atoms with Gasteiger partial charge in [0.1, 0.15) is 5.82 Å². The SMILES string of the molecule is O=C(Cc1ccc(F)c(F)c1)Nc1ccc(F)c(Br)c1. The summed E-state index contributed by atoms with van der Waals surface area (Å²) >= 11 is 3.00. The predicted molar refractivity (Wildman–Crippen MR) is 72.8 cm³/mol. The normalized spacial score (nSPS) is 10.4. The fraction of sp³-hybridized carbons (Fsp3) is 0.0714. The molecule has 0 aliphatic carbocycles. The van der Waals surface area contributed by atoms with Gasteiger partial charge in [0.05, 0.1) is 10.9 Å². The number of nitrogens with one attached hydrogen (secondary N) is 1. The Bertz CT molecular complexity index is 605. The first-order chi connectivity index (χ1) is 9.45. The van der Waals surface area contributed by atoms with E-state index in [1.165, 1.54) is 24.3 Å². The van der Waals surface area contributed by atoms with Crippen LogP contribution in [0.5, 0.6) is 0 Å². The minimum atomic E-state index is -1.00. The second-order valence-corrected chi connectivity index (χ2v) is 4.96. The van der Waals surface area contributed by atoms with Crippen LogP contribution >= 0.6 is 15.9 Å². The Hall–Kier alpha value is -1.82. The highest BCUT2D eigenvalue weighted by Crippen LogP contribution is 2.20. The third-order valence-corrected chi connectivity index (χ3v) is 3.16. The molecule has 1 amide bonds. The highest BCUT2D eigenvalue weighted by molar-refractivity contribution is 9.10. The Morgan fingerprint density at radius 3 is 2.35 bits per heavy atom. The monoisotopic (exact) mass is 343 g/mol. The van der Waals surface area contributed by atoms with Gasteiger partial charge in [0.15, 0.2) is 11.6 Å². The highest BCUT2D eigenvalue weighted by atomic mass is 79.9. The molecule has 0 saturated heterocycles. The summed E-state index contributed by atoms with van der Waals surface area (Å²) in [6.07, 6.45) is -0.105. The average molecular weight is 344 g/mol. The zero-order chi connectivity index (χ0) is 14.7. The topological polar surface area (TPSA) is 29.1 Å². The highest BCUT2D eigenvalue weighted by Gasteiger charge is 2.08. The van der Waals surface area contributed by atoms with Crippen LogP contribution in [-0.4, -0.2) is 5.91 Å². The van der Waals surface area contributed by atoms with Gasteiger partial charge in [-0.3, -0.25) is 4.79 Å². The molecule has 0 atom stereocenters. The van der Waals surface area contributed by atoms with Crippen molar-refractivity contribution in [1.29, 1.82) is 0 Å². The fourth-order valence-electron chi connectivity index (χ4n) is 1.61. The molecule has 2 nitrogen and oxygen atoms in total. The van der Waals surface area contributed by atoms with E-state index in [2.05, 4.69) is 21.2 Å². The van der Waals surface area contributed by atoms with E-state index in [1.54, 1.807) is 0 Å². The zero-order valence-corrected chi connectivity index (χ0v) is 11.7. The molecule has 2 aromatic rings. The smallest absolute Gasteiger partial charge is 0.228 e. The molecular formula is C14H9BrF3NO. The van der Waals surface area contributed by atoms with Gasteiger partial charge in [-0.25, -0.2) is 13.2 Å². The largest absolute Gasteiger partial charge is 0.326 e. The molecule has 0 radical (unpaired) electrons. The summed E-state index contributed by atoms with van der Waals surface area (Å²) in [7, 11) is 0. The van der Waals surface area contributed by atoms with Crippen molar-refractivity contribution < 1.29 is 18.0 Å². The van der Waals surface area contributed by atoms with Crippen LogP contribution in [0.4, 0.5) is 18.9 Å². The summed E-state index contributed by atoms with van der Waals surface area (Å²) in [5, 5.41) is 2.54. The Morgan fingerprint density at radius 1 is 1.00 bits per heavy atom. The predicted octanol–water partition coefficient (Wildman–Crippen LogP) is 4.05. The Kier molecular flexibility index (Phi) is 4.44. The first-order valence-corrected chi connectivity index (χ1v) is 6.44. The fourth-order valence-corrected chi connectivity index (χ4v) is 1.99. The van der Waals surface area contributed by atoms with Crippen LogP contribution in [0.15, 0.2) is 40.9 Å². The standard InChI is InChI=1S/C14H9BrF3NO/c15-10-7-9(2-4-11(10)16)19-14(20)6-8-1-3-12(17)13(18)5-8/h1-5,7H,6H2,(H,19,20). The second kappa shape index (κ2) is 6.09. The van der Waals surface area contributed by atoms with E-state index < -0.39 is 23.4 Å². The number of carbonyl (C=O) groups excluding carboxylic acids is 1. The first-order valence-electron chi connectivity index (χ1n) is 5.64. The molecule has 2 rings (SSSR count). The molecule has 20 heavy (non-hydrogen) atoms. The lowest BCUT2D eigenvalue weighted by atomic mass is 10.1. The van der Waals surface area contributed by atoms with Crippen LogP contribution in [0.1, 0.15) is 5.56 Å². The third kappa shape index (κ3) is 3.60. The van der Waals surface area contributed by atoms with Crippen molar-refractivity contribution in [3.8, 4) is 0 Å². The number of carbonyl (C=O) groups is 1. The minimum Gasteiger partial charge on any atom is -0.326 e. The van der Waals surface area contributed by atoms with E-state index in [0.29, 0.717) is 11.3 Å². The van der Waals surface area contributed by atoms with Crippen molar-refractivity contribution in [2.24, 2.45) is 0 Å². The number of benzene rings is 2. The second-order valence-electron chi connectivity index (χ2n) is 4.10. The molecule has 1 N–H and O–H groups in total. The summed E-state index contributed by atoms with van der Waals surface area (Å²) in [5.41, 5.74) is 0.758.